The third-order valence-electron chi connectivity index (χ3n) is 1.70. The minimum absolute atomic E-state index is 0. The first-order valence-electron chi connectivity index (χ1n) is 7.53. The maximum Gasteiger partial charge on any atom is 0.407 e. The minimum atomic E-state index is -0.448. The highest BCUT2D eigenvalue weighted by Gasteiger charge is 2.15. The van der Waals surface area contributed by atoms with Crippen molar-refractivity contribution in [2.24, 2.45) is 5.73 Å². The summed E-state index contributed by atoms with van der Waals surface area (Å²) in [6.07, 6.45) is 1.57. The van der Waals surface area contributed by atoms with Gasteiger partial charge in [-0.25, -0.2) is 4.79 Å². The molecule has 27 heavy (non-hydrogen) atoms. The number of nitrogens with one attached hydrogen (secondary N) is 1. The van der Waals surface area contributed by atoms with Crippen LogP contribution in [0.2, 0.25) is 0 Å². The number of carbonyl (C=O) groups excluding carboxylic acids is 5. The quantitative estimate of drug-likeness (QED) is 0.382. The van der Waals surface area contributed by atoms with E-state index in [0.29, 0.717) is 19.7 Å². The molecule has 162 valence electrons. The zero-order chi connectivity index (χ0) is 21.3. The smallest absolute Gasteiger partial charge is 0.407 e. The maximum atomic E-state index is 11.1. The molecule has 0 aliphatic carbocycles. The Morgan fingerprint density at radius 1 is 1.11 bits per heavy atom. The highest BCUT2D eigenvalue weighted by Crippen LogP contribution is 2.06. The summed E-state index contributed by atoms with van der Waals surface area (Å²) in [6.45, 7) is 7.68. The number of carbonyl (C=O) groups is 1. The first kappa shape index (κ1) is 35.9. The Morgan fingerprint density at radius 2 is 1.59 bits per heavy atom. The molecule has 0 aromatic carbocycles. The second-order valence-corrected chi connectivity index (χ2v) is 5.13. The summed E-state index contributed by atoms with van der Waals surface area (Å²) in [5.41, 5.74) is 4.53. The predicted octanol–water partition coefficient (Wildman–Crippen LogP) is 0.318. The van der Waals surface area contributed by atoms with Crippen molar-refractivity contribution >= 4 is 18.4 Å². The lowest BCUT2D eigenvalue weighted by Crippen LogP contribution is -2.33. The third-order valence-corrected chi connectivity index (χ3v) is 1.70. The predicted molar refractivity (Wildman–Crippen MR) is 94.2 cm³/mol. The maximum absolute atomic E-state index is 11.1. The Balaban J connectivity index is -0.000000111. The number of aliphatic hydroxyl groups excluding tert-OH is 1. The highest BCUT2D eigenvalue weighted by molar-refractivity contribution is 5.67. The van der Waals surface area contributed by atoms with Gasteiger partial charge in [0, 0.05) is 20.3 Å². The molecule has 0 spiro atoms. The van der Waals surface area contributed by atoms with Crippen molar-refractivity contribution in [3.8, 4) is 0 Å². The van der Waals surface area contributed by atoms with Gasteiger partial charge in [0.15, 0.2) is 0 Å². The van der Waals surface area contributed by atoms with Crippen molar-refractivity contribution in [3.63, 3.8) is 0 Å². The molecule has 0 aromatic heterocycles. The van der Waals surface area contributed by atoms with Crippen LogP contribution in [0.1, 0.15) is 41.0 Å². The average Bonchev–Trinajstić information content (AvgIpc) is 2.52. The molecule has 1 amide bonds. The van der Waals surface area contributed by atoms with Gasteiger partial charge in [0.1, 0.15) is 12.4 Å². The van der Waals surface area contributed by atoms with Gasteiger partial charge < -0.3 is 30.4 Å². The highest BCUT2D eigenvalue weighted by atomic mass is 16.7. The van der Waals surface area contributed by atoms with E-state index in [-0.39, 0.29) is 33.1 Å². The third kappa shape index (κ3) is 68.9. The van der Waals surface area contributed by atoms with Crippen LogP contribution in [0.25, 0.3) is 0 Å². The molecule has 0 rings (SSSR count). The number of hydrogen-bond donors (Lipinski definition) is 3. The van der Waals surface area contributed by atoms with Crippen molar-refractivity contribution in [2.75, 3.05) is 40.2 Å². The number of aliphatic hydroxyl groups is 1. The number of ether oxygens (including phenoxy) is 3. The number of alkyl carbamates (subject to hydrolysis) is 1. The van der Waals surface area contributed by atoms with Crippen LogP contribution in [0, 0.1) is 0 Å². The lowest BCUT2D eigenvalue weighted by atomic mass is 10.2. The van der Waals surface area contributed by atoms with Crippen LogP contribution < -0.4 is 11.1 Å². The molecular formula is C16H34N2O9. The van der Waals surface area contributed by atoms with Crippen molar-refractivity contribution in [2.45, 2.75) is 46.6 Å². The van der Waals surface area contributed by atoms with Crippen molar-refractivity contribution in [1.29, 1.82) is 0 Å². The molecule has 0 heterocycles. The lowest BCUT2D eigenvalue weighted by Gasteiger charge is -2.19. The lowest BCUT2D eigenvalue weighted by molar-refractivity contribution is -0.193. The number of hydrogen-bond acceptors (Lipinski definition) is 10. The van der Waals surface area contributed by atoms with E-state index in [1.54, 1.807) is 7.11 Å². The number of nitrogens with two attached hydrogens (primary N) is 1. The fraction of sp³-hybridized carbons (Fsp3) is 0.812. The van der Waals surface area contributed by atoms with Crippen molar-refractivity contribution in [1.82, 2.24) is 5.32 Å². The number of methoxy groups -OCH3 is 1. The molecule has 0 aromatic rings. The SMILES string of the molecule is C.COCOCCCNC(=O)OC(C)(C)C.NCCCO.O=C=O.O=C=O. The van der Waals surface area contributed by atoms with Gasteiger partial charge in [0.05, 0.1) is 6.61 Å². The van der Waals surface area contributed by atoms with Gasteiger partial charge in [-0.3, -0.25) is 0 Å². The van der Waals surface area contributed by atoms with Gasteiger partial charge in [0.25, 0.3) is 0 Å². The van der Waals surface area contributed by atoms with E-state index in [1.807, 2.05) is 20.8 Å². The van der Waals surface area contributed by atoms with Crippen LogP contribution >= 0.6 is 0 Å². The van der Waals surface area contributed by atoms with Crippen LogP contribution in [0.5, 0.6) is 0 Å². The molecule has 0 fully saturated rings. The van der Waals surface area contributed by atoms with Gasteiger partial charge in [-0.2, -0.15) is 19.2 Å². The first-order valence-corrected chi connectivity index (χ1v) is 7.53. The fourth-order valence-corrected chi connectivity index (χ4v) is 0.912. The molecule has 0 bridgehead atoms. The topological polar surface area (TPSA) is 171 Å². The first-order chi connectivity index (χ1) is 12.2. The molecule has 0 aliphatic rings. The average molecular weight is 398 g/mol. The summed E-state index contributed by atoms with van der Waals surface area (Å²) in [5, 5.41) is 10.6. The van der Waals surface area contributed by atoms with E-state index >= 15 is 0 Å². The minimum Gasteiger partial charge on any atom is -0.444 e. The largest absolute Gasteiger partial charge is 0.444 e. The Kier molecular flexibility index (Phi) is 42.0. The normalized spacial score (nSPS) is 8.37. The molecule has 0 saturated carbocycles. The fourth-order valence-electron chi connectivity index (χ4n) is 0.912. The van der Waals surface area contributed by atoms with E-state index in [0.717, 1.165) is 12.8 Å². The van der Waals surface area contributed by atoms with E-state index in [4.69, 9.17) is 44.2 Å². The second kappa shape index (κ2) is 31.6. The summed E-state index contributed by atoms with van der Waals surface area (Å²) in [4.78, 5) is 43.6. The Hall–Kier alpha value is -2.13. The van der Waals surface area contributed by atoms with Crippen LogP contribution in [-0.2, 0) is 33.4 Å². The monoisotopic (exact) mass is 398 g/mol. The van der Waals surface area contributed by atoms with E-state index in [9.17, 15) is 4.79 Å². The summed E-state index contributed by atoms with van der Waals surface area (Å²) in [7, 11) is 1.57. The van der Waals surface area contributed by atoms with Crippen LogP contribution in [-0.4, -0.2) is 69.3 Å². The van der Waals surface area contributed by atoms with Crippen LogP contribution in [0.15, 0.2) is 0 Å². The Bertz CT molecular complexity index is 345. The number of rotatable bonds is 8. The summed E-state index contributed by atoms with van der Waals surface area (Å²) >= 11 is 0. The molecule has 11 nitrogen and oxygen atoms in total. The van der Waals surface area contributed by atoms with Crippen LogP contribution in [0.3, 0.4) is 0 Å². The number of amides is 1. The molecule has 0 saturated heterocycles. The molecule has 0 atom stereocenters. The van der Waals surface area contributed by atoms with Crippen LogP contribution in [0.4, 0.5) is 4.79 Å². The van der Waals surface area contributed by atoms with Gasteiger partial charge >= 0.3 is 18.4 Å². The Labute approximate surface area is 160 Å². The summed E-state index contributed by atoms with van der Waals surface area (Å²) < 4.78 is 14.8. The molecule has 11 heteroatoms. The Morgan fingerprint density at radius 3 is 1.89 bits per heavy atom. The van der Waals surface area contributed by atoms with E-state index < -0.39 is 11.7 Å². The van der Waals surface area contributed by atoms with E-state index in [1.165, 1.54) is 0 Å². The molecule has 0 unspecified atom stereocenters. The second-order valence-electron chi connectivity index (χ2n) is 5.13. The van der Waals surface area contributed by atoms with Crippen molar-refractivity contribution < 1.29 is 43.3 Å². The molecule has 0 aliphatic heterocycles. The summed E-state index contributed by atoms with van der Waals surface area (Å²) in [6, 6.07) is 0. The van der Waals surface area contributed by atoms with Gasteiger partial charge in [-0.05, 0) is 40.2 Å². The zero-order valence-corrected chi connectivity index (χ0v) is 15.7. The zero-order valence-electron chi connectivity index (χ0n) is 15.7. The molecule has 4 N–H and O–H groups in total. The van der Waals surface area contributed by atoms with Gasteiger partial charge in [-0.1, -0.05) is 7.43 Å². The van der Waals surface area contributed by atoms with Crippen molar-refractivity contribution in [3.05, 3.63) is 0 Å². The summed E-state index contributed by atoms with van der Waals surface area (Å²) in [5.74, 6) is 0. The van der Waals surface area contributed by atoms with E-state index in [2.05, 4.69) is 5.32 Å². The molecule has 0 radical (unpaired) electrons. The van der Waals surface area contributed by atoms with Gasteiger partial charge in [0.2, 0.25) is 0 Å². The standard InChI is InChI=1S/C10H21NO4.C3H9NO.2CO2.CH4/c1-10(2,3)15-9(12)11-6-5-7-14-8-13-4;4-2-1-3-5;2*2-1-3;/h5-8H2,1-4H3,(H,11,12);5H,1-4H2;;;1H4. The molecular weight excluding hydrogens is 364 g/mol. The van der Waals surface area contributed by atoms with Gasteiger partial charge in [-0.15, -0.1) is 0 Å².